The van der Waals surface area contributed by atoms with E-state index in [0.717, 1.165) is 11.5 Å². The number of carbonyl (C=O) groups is 1. The topological polar surface area (TPSA) is 46.9 Å². The van der Waals surface area contributed by atoms with E-state index >= 15 is 0 Å². The zero-order chi connectivity index (χ0) is 9.42. The second-order valence-electron chi connectivity index (χ2n) is 2.88. The Morgan fingerprint density at radius 2 is 2.46 bits per heavy atom. The summed E-state index contributed by atoms with van der Waals surface area (Å²) < 4.78 is 1.72. The lowest BCUT2D eigenvalue weighted by Gasteiger charge is -2.02. The highest BCUT2D eigenvalue weighted by molar-refractivity contribution is 7.14. The number of nitrogens with zero attached hydrogens (tertiary/aromatic N) is 2. The zero-order valence-corrected chi connectivity index (χ0v) is 8.40. The molecule has 0 saturated heterocycles. The summed E-state index contributed by atoms with van der Waals surface area (Å²) in [5, 5.41) is 2.75. The van der Waals surface area contributed by atoms with Gasteiger partial charge in [-0.15, -0.1) is 0 Å². The van der Waals surface area contributed by atoms with Crippen molar-refractivity contribution in [1.82, 2.24) is 14.6 Å². The number of aromatic nitrogens is 2. The molecule has 0 aliphatic carbocycles. The zero-order valence-electron chi connectivity index (χ0n) is 7.24. The van der Waals surface area contributed by atoms with Crippen LogP contribution in [0, 0.1) is 6.92 Å². The third-order valence-electron chi connectivity index (χ3n) is 1.99. The number of amides is 1. The number of rotatable bonds is 0. The first-order valence-corrected chi connectivity index (χ1v) is 4.51. The molecule has 0 aromatic carbocycles. The lowest BCUT2D eigenvalue weighted by Crippen LogP contribution is -2.24. The molecule has 68 valence electrons. The molecule has 0 radical (unpaired) electrons. The van der Waals surface area contributed by atoms with Crippen LogP contribution in [-0.4, -0.2) is 21.8 Å². The molecule has 0 bridgehead atoms. The van der Waals surface area contributed by atoms with Crippen LogP contribution in [0.4, 0.5) is 0 Å². The van der Waals surface area contributed by atoms with E-state index in [1.54, 1.807) is 4.34 Å². The highest BCUT2D eigenvalue weighted by Crippen LogP contribution is 2.17. The molecule has 1 N–H and O–H groups in total. The van der Waals surface area contributed by atoms with Gasteiger partial charge in [-0.2, -0.15) is 0 Å². The number of hydrogen-bond donors (Lipinski definition) is 1. The monoisotopic (exact) mass is 195 g/mol. The van der Waals surface area contributed by atoms with Crippen molar-refractivity contribution in [3.8, 4) is 0 Å². The van der Waals surface area contributed by atoms with Crippen molar-refractivity contribution in [2.75, 3.05) is 6.54 Å². The summed E-state index contributed by atoms with van der Waals surface area (Å²) in [6.45, 7) is 2.43. The lowest BCUT2D eigenvalue weighted by atomic mass is 10.3. The first-order valence-electron chi connectivity index (χ1n) is 3.99. The first-order chi connectivity index (χ1) is 6.20. The van der Waals surface area contributed by atoms with Crippen LogP contribution in [0.5, 0.6) is 0 Å². The summed E-state index contributed by atoms with van der Waals surface area (Å²) in [5.41, 5.74) is 1.35. The van der Waals surface area contributed by atoms with Crippen LogP contribution in [0.3, 0.4) is 0 Å². The quantitative estimate of drug-likeness (QED) is 0.616. The van der Waals surface area contributed by atoms with Crippen molar-refractivity contribution in [2.45, 2.75) is 6.92 Å². The summed E-state index contributed by atoms with van der Waals surface area (Å²) in [6, 6.07) is 0. The SMILES string of the molecule is Cc1nc2c(n1P)C(=O)NCC=C2. The van der Waals surface area contributed by atoms with Crippen LogP contribution in [0.1, 0.15) is 22.0 Å². The van der Waals surface area contributed by atoms with Crippen molar-refractivity contribution >= 4 is 21.4 Å². The van der Waals surface area contributed by atoms with Crippen LogP contribution in [0.2, 0.25) is 0 Å². The maximum Gasteiger partial charge on any atom is 0.270 e. The fourth-order valence-corrected chi connectivity index (χ4v) is 1.62. The molecule has 1 aromatic rings. The number of imidazole rings is 1. The van der Waals surface area contributed by atoms with Gasteiger partial charge in [0.15, 0.2) is 0 Å². The van der Waals surface area contributed by atoms with Crippen molar-refractivity contribution in [2.24, 2.45) is 0 Å². The van der Waals surface area contributed by atoms with Crippen LogP contribution in [-0.2, 0) is 0 Å². The van der Waals surface area contributed by atoms with Gasteiger partial charge in [0.1, 0.15) is 11.5 Å². The van der Waals surface area contributed by atoms with Gasteiger partial charge in [-0.25, -0.2) is 4.98 Å². The molecule has 1 aliphatic heterocycles. The van der Waals surface area contributed by atoms with E-state index < -0.39 is 0 Å². The van der Waals surface area contributed by atoms with Crippen molar-refractivity contribution in [1.29, 1.82) is 0 Å². The molecular formula is C8H10N3OP. The molecule has 1 aromatic heterocycles. The van der Waals surface area contributed by atoms with Crippen molar-refractivity contribution < 1.29 is 4.79 Å². The molecule has 2 rings (SSSR count). The van der Waals surface area contributed by atoms with Gasteiger partial charge in [0, 0.05) is 6.54 Å². The van der Waals surface area contributed by atoms with E-state index in [2.05, 4.69) is 19.7 Å². The van der Waals surface area contributed by atoms with Crippen LogP contribution in [0.15, 0.2) is 6.08 Å². The summed E-state index contributed by atoms with van der Waals surface area (Å²) in [6.07, 6.45) is 3.75. The summed E-state index contributed by atoms with van der Waals surface area (Å²) in [5.74, 6) is 0.743. The average Bonchev–Trinajstić information content (AvgIpc) is 2.29. The molecule has 1 unspecified atom stereocenters. The molecule has 0 fully saturated rings. The normalized spacial score (nSPS) is 15.1. The van der Waals surface area contributed by atoms with Crippen LogP contribution < -0.4 is 5.32 Å². The predicted molar refractivity (Wildman–Crippen MR) is 53.4 cm³/mol. The number of hydrogen-bond acceptors (Lipinski definition) is 2. The van der Waals surface area contributed by atoms with E-state index in [-0.39, 0.29) is 5.91 Å². The summed E-state index contributed by atoms with van der Waals surface area (Å²) >= 11 is 0. The average molecular weight is 195 g/mol. The van der Waals surface area contributed by atoms with Crippen molar-refractivity contribution in [3.05, 3.63) is 23.3 Å². The Hall–Kier alpha value is -1.15. The molecular weight excluding hydrogens is 185 g/mol. The number of fused-ring (bicyclic) bond motifs is 1. The largest absolute Gasteiger partial charge is 0.347 e. The van der Waals surface area contributed by atoms with E-state index in [1.807, 2.05) is 19.1 Å². The molecule has 13 heavy (non-hydrogen) atoms. The van der Waals surface area contributed by atoms with Gasteiger partial charge >= 0.3 is 0 Å². The Morgan fingerprint density at radius 3 is 3.23 bits per heavy atom. The first kappa shape index (κ1) is 8.45. The third-order valence-corrected chi connectivity index (χ3v) is 2.62. The van der Waals surface area contributed by atoms with Gasteiger partial charge in [0.05, 0.1) is 5.69 Å². The van der Waals surface area contributed by atoms with Gasteiger partial charge in [0.2, 0.25) is 0 Å². The van der Waals surface area contributed by atoms with E-state index in [9.17, 15) is 4.79 Å². The highest BCUT2D eigenvalue weighted by atomic mass is 31.0. The number of nitrogens with one attached hydrogen (secondary N) is 1. The number of carbonyl (C=O) groups excluding carboxylic acids is 1. The predicted octanol–water partition coefficient (Wildman–Crippen LogP) is 0.586. The third kappa shape index (κ3) is 1.27. The van der Waals surface area contributed by atoms with Crippen LogP contribution >= 0.6 is 9.39 Å². The Morgan fingerprint density at radius 1 is 1.69 bits per heavy atom. The number of aryl methyl sites for hydroxylation is 1. The van der Waals surface area contributed by atoms with Gasteiger partial charge < -0.3 is 9.65 Å². The fraction of sp³-hybridized carbons (Fsp3) is 0.250. The molecule has 1 atom stereocenters. The van der Waals surface area contributed by atoms with Gasteiger partial charge in [-0.3, -0.25) is 4.79 Å². The molecule has 2 heterocycles. The van der Waals surface area contributed by atoms with Gasteiger partial charge in [-0.1, -0.05) is 6.08 Å². The summed E-state index contributed by atoms with van der Waals surface area (Å²) in [7, 11) is 2.48. The molecule has 0 spiro atoms. The van der Waals surface area contributed by atoms with E-state index in [4.69, 9.17) is 0 Å². The smallest absolute Gasteiger partial charge is 0.270 e. The van der Waals surface area contributed by atoms with Crippen molar-refractivity contribution in [3.63, 3.8) is 0 Å². The fourth-order valence-electron chi connectivity index (χ4n) is 1.31. The second-order valence-corrected chi connectivity index (χ2v) is 3.39. The molecule has 1 aliphatic rings. The van der Waals surface area contributed by atoms with Gasteiger partial charge in [0.25, 0.3) is 5.91 Å². The Balaban J connectivity index is 2.64. The minimum atomic E-state index is -0.0735. The molecule has 5 heteroatoms. The Bertz CT molecular complexity index is 394. The molecule has 1 amide bonds. The maximum atomic E-state index is 11.5. The van der Waals surface area contributed by atoms with E-state index in [1.165, 1.54) is 0 Å². The Labute approximate surface area is 78.3 Å². The lowest BCUT2D eigenvalue weighted by molar-refractivity contribution is 0.0953. The minimum Gasteiger partial charge on any atom is -0.347 e. The standard InChI is InChI=1S/C8H10N3OP/c1-5-10-6-3-2-4-9-8(12)7(6)11(5)13/h2-3H,4,13H2,1H3,(H,9,12). The van der Waals surface area contributed by atoms with Crippen LogP contribution in [0.25, 0.3) is 6.08 Å². The Kier molecular flexibility index (Phi) is 1.93. The summed E-state index contributed by atoms with van der Waals surface area (Å²) in [4.78, 5) is 15.8. The van der Waals surface area contributed by atoms with Gasteiger partial charge in [-0.05, 0) is 22.4 Å². The van der Waals surface area contributed by atoms with E-state index in [0.29, 0.717) is 12.2 Å². The minimum absolute atomic E-state index is 0.0735. The molecule has 0 saturated carbocycles. The molecule has 4 nitrogen and oxygen atoms in total. The second kappa shape index (κ2) is 2.96. The highest BCUT2D eigenvalue weighted by Gasteiger charge is 2.18. The maximum absolute atomic E-state index is 11.5.